The SMILES string of the molecule is O=C(CN1CCC[C@H]1c1ccc2c(c1)OCCO2)NCc1ccccc1OC(F)(F)F. The van der Waals surface area contributed by atoms with E-state index in [9.17, 15) is 18.0 Å². The average molecular weight is 436 g/mol. The second-order valence-corrected chi connectivity index (χ2v) is 7.46. The highest BCUT2D eigenvalue weighted by Gasteiger charge is 2.32. The van der Waals surface area contributed by atoms with Gasteiger partial charge in [-0.05, 0) is 43.1 Å². The molecule has 1 amide bonds. The summed E-state index contributed by atoms with van der Waals surface area (Å²) in [6, 6.07) is 11.7. The van der Waals surface area contributed by atoms with E-state index >= 15 is 0 Å². The molecule has 2 aliphatic heterocycles. The summed E-state index contributed by atoms with van der Waals surface area (Å²) in [6.07, 6.45) is -2.92. The number of nitrogens with zero attached hydrogens (tertiary/aromatic N) is 1. The molecule has 166 valence electrons. The van der Waals surface area contributed by atoms with E-state index in [2.05, 4.69) is 15.0 Å². The second kappa shape index (κ2) is 9.05. The van der Waals surface area contributed by atoms with Crippen molar-refractivity contribution in [2.75, 3.05) is 26.3 Å². The standard InChI is InChI=1S/C22H23F3N2O4/c23-22(24,25)31-18-6-2-1-4-16(18)13-26-21(28)14-27-9-3-5-17(27)15-7-8-19-20(12-15)30-11-10-29-19/h1-2,4,6-8,12,17H,3,5,9-11,13-14H2,(H,26,28)/t17-/m0/s1. The number of para-hydroxylation sites is 1. The van der Waals surface area contributed by atoms with E-state index in [1.807, 2.05) is 18.2 Å². The molecule has 9 heteroatoms. The monoisotopic (exact) mass is 436 g/mol. The number of likely N-dealkylation sites (tertiary alicyclic amines) is 1. The summed E-state index contributed by atoms with van der Waals surface area (Å²) in [6.45, 7) is 1.90. The van der Waals surface area contributed by atoms with E-state index in [-0.39, 0.29) is 36.4 Å². The number of carbonyl (C=O) groups excluding carboxylic acids is 1. The number of amides is 1. The van der Waals surface area contributed by atoms with E-state index in [0.29, 0.717) is 19.0 Å². The zero-order chi connectivity index (χ0) is 21.8. The lowest BCUT2D eigenvalue weighted by Crippen LogP contribution is -2.36. The van der Waals surface area contributed by atoms with Crippen LogP contribution in [0.3, 0.4) is 0 Å². The number of carbonyl (C=O) groups is 1. The first-order chi connectivity index (χ1) is 14.9. The fourth-order valence-electron chi connectivity index (χ4n) is 3.97. The number of nitrogens with one attached hydrogen (secondary N) is 1. The molecule has 1 atom stereocenters. The van der Waals surface area contributed by atoms with Crippen molar-refractivity contribution >= 4 is 5.91 Å². The van der Waals surface area contributed by atoms with Crippen molar-refractivity contribution in [3.63, 3.8) is 0 Å². The molecule has 0 aliphatic carbocycles. The Morgan fingerprint density at radius 2 is 1.90 bits per heavy atom. The van der Waals surface area contributed by atoms with Crippen LogP contribution in [0.25, 0.3) is 0 Å². The Morgan fingerprint density at radius 3 is 2.71 bits per heavy atom. The number of hydrogen-bond acceptors (Lipinski definition) is 5. The Kier molecular flexibility index (Phi) is 6.22. The zero-order valence-corrected chi connectivity index (χ0v) is 16.8. The third kappa shape index (κ3) is 5.41. The summed E-state index contributed by atoms with van der Waals surface area (Å²) < 4.78 is 53.0. The summed E-state index contributed by atoms with van der Waals surface area (Å²) in [7, 11) is 0. The molecule has 0 spiro atoms. The van der Waals surface area contributed by atoms with E-state index in [1.54, 1.807) is 6.07 Å². The molecular weight excluding hydrogens is 413 g/mol. The minimum atomic E-state index is -4.79. The van der Waals surface area contributed by atoms with Crippen molar-refractivity contribution in [3.8, 4) is 17.2 Å². The van der Waals surface area contributed by atoms with Crippen LogP contribution in [0.2, 0.25) is 0 Å². The maximum atomic E-state index is 12.6. The molecule has 2 aliphatic rings. The van der Waals surface area contributed by atoms with Gasteiger partial charge in [-0.15, -0.1) is 13.2 Å². The maximum absolute atomic E-state index is 12.6. The van der Waals surface area contributed by atoms with Gasteiger partial charge in [-0.3, -0.25) is 9.69 Å². The minimum absolute atomic E-state index is 0.0480. The summed E-state index contributed by atoms with van der Waals surface area (Å²) >= 11 is 0. The number of hydrogen-bond donors (Lipinski definition) is 1. The second-order valence-electron chi connectivity index (χ2n) is 7.46. The first-order valence-corrected chi connectivity index (χ1v) is 10.1. The van der Waals surface area contributed by atoms with Crippen LogP contribution in [0, 0.1) is 0 Å². The van der Waals surface area contributed by atoms with Crippen LogP contribution in [-0.4, -0.2) is 43.5 Å². The summed E-state index contributed by atoms with van der Waals surface area (Å²) in [5, 5.41) is 2.70. The molecule has 1 N–H and O–H groups in total. The summed E-state index contributed by atoms with van der Waals surface area (Å²) in [5.74, 6) is 0.857. The highest BCUT2D eigenvalue weighted by Crippen LogP contribution is 2.37. The van der Waals surface area contributed by atoms with Gasteiger partial charge in [0.15, 0.2) is 11.5 Å². The van der Waals surface area contributed by atoms with Gasteiger partial charge in [0, 0.05) is 18.2 Å². The molecule has 4 rings (SSSR count). The van der Waals surface area contributed by atoms with Crippen LogP contribution in [0.15, 0.2) is 42.5 Å². The Bertz CT molecular complexity index is 935. The van der Waals surface area contributed by atoms with Crippen molar-refractivity contribution in [1.29, 1.82) is 0 Å². The van der Waals surface area contributed by atoms with Crippen molar-refractivity contribution in [2.45, 2.75) is 31.8 Å². The Hall–Kier alpha value is -2.94. The smallest absolute Gasteiger partial charge is 0.486 e. The molecule has 2 aromatic carbocycles. The first-order valence-electron chi connectivity index (χ1n) is 10.1. The van der Waals surface area contributed by atoms with Gasteiger partial charge in [-0.1, -0.05) is 24.3 Å². The number of rotatable bonds is 6. The predicted molar refractivity (Wildman–Crippen MR) is 106 cm³/mol. The molecule has 0 bridgehead atoms. The molecule has 0 unspecified atom stereocenters. The number of ether oxygens (including phenoxy) is 3. The third-order valence-electron chi connectivity index (χ3n) is 5.34. The molecule has 1 fully saturated rings. The van der Waals surface area contributed by atoms with Gasteiger partial charge in [0.05, 0.1) is 6.54 Å². The molecule has 0 aromatic heterocycles. The topological polar surface area (TPSA) is 60.0 Å². The van der Waals surface area contributed by atoms with E-state index in [4.69, 9.17) is 9.47 Å². The normalized spacial score (nSPS) is 18.6. The molecule has 2 aromatic rings. The Balaban J connectivity index is 1.37. The van der Waals surface area contributed by atoms with Gasteiger partial charge in [0.2, 0.25) is 5.91 Å². The predicted octanol–water partition coefficient (Wildman–Crippen LogP) is 3.81. The molecule has 6 nitrogen and oxygen atoms in total. The lowest BCUT2D eigenvalue weighted by atomic mass is 10.0. The van der Waals surface area contributed by atoms with Gasteiger partial charge < -0.3 is 19.5 Å². The highest BCUT2D eigenvalue weighted by atomic mass is 19.4. The summed E-state index contributed by atoms with van der Waals surface area (Å²) in [5.41, 5.74) is 1.32. The van der Waals surface area contributed by atoms with Gasteiger partial charge >= 0.3 is 6.36 Å². The van der Waals surface area contributed by atoms with Crippen molar-refractivity contribution in [2.24, 2.45) is 0 Å². The van der Waals surface area contributed by atoms with Crippen LogP contribution < -0.4 is 19.5 Å². The molecule has 2 heterocycles. The largest absolute Gasteiger partial charge is 0.573 e. The molecule has 0 saturated carbocycles. The first kappa shape index (κ1) is 21.3. The van der Waals surface area contributed by atoms with Gasteiger partial charge in [-0.2, -0.15) is 0 Å². The van der Waals surface area contributed by atoms with E-state index in [1.165, 1.54) is 18.2 Å². The summed E-state index contributed by atoms with van der Waals surface area (Å²) in [4.78, 5) is 14.6. The zero-order valence-electron chi connectivity index (χ0n) is 16.8. The van der Waals surface area contributed by atoms with Crippen LogP contribution in [-0.2, 0) is 11.3 Å². The number of alkyl halides is 3. The van der Waals surface area contributed by atoms with Crippen molar-refractivity contribution in [1.82, 2.24) is 10.2 Å². The fourth-order valence-corrected chi connectivity index (χ4v) is 3.97. The quantitative estimate of drug-likeness (QED) is 0.746. The fraction of sp³-hybridized carbons (Fsp3) is 0.409. The highest BCUT2D eigenvalue weighted by molar-refractivity contribution is 5.78. The van der Waals surface area contributed by atoms with Crippen LogP contribution in [0.1, 0.15) is 30.0 Å². The average Bonchev–Trinajstić information content (AvgIpc) is 3.19. The minimum Gasteiger partial charge on any atom is -0.486 e. The molecular formula is C22H23F3N2O4. The van der Waals surface area contributed by atoms with Crippen LogP contribution >= 0.6 is 0 Å². The lowest BCUT2D eigenvalue weighted by molar-refractivity contribution is -0.274. The van der Waals surface area contributed by atoms with Gasteiger partial charge in [0.1, 0.15) is 19.0 Å². The Labute approximate surface area is 177 Å². The Morgan fingerprint density at radius 1 is 1.13 bits per heavy atom. The number of benzene rings is 2. The van der Waals surface area contributed by atoms with Gasteiger partial charge in [0.25, 0.3) is 0 Å². The lowest BCUT2D eigenvalue weighted by Gasteiger charge is -2.26. The molecule has 0 radical (unpaired) electrons. The molecule has 1 saturated heterocycles. The maximum Gasteiger partial charge on any atom is 0.573 e. The van der Waals surface area contributed by atoms with E-state index < -0.39 is 6.36 Å². The van der Waals surface area contributed by atoms with Gasteiger partial charge in [-0.25, -0.2) is 0 Å². The number of halogens is 3. The third-order valence-corrected chi connectivity index (χ3v) is 5.34. The van der Waals surface area contributed by atoms with Crippen molar-refractivity contribution in [3.05, 3.63) is 53.6 Å². The molecule has 31 heavy (non-hydrogen) atoms. The van der Waals surface area contributed by atoms with Crippen molar-refractivity contribution < 1.29 is 32.2 Å². The van der Waals surface area contributed by atoms with E-state index in [0.717, 1.165) is 30.7 Å². The number of fused-ring (bicyclic) bond motifs is 1. The van der Waals surface area contributed by atoms with Crippen LogP contribution in [0.5, 0.6) is 17.2 Å². The van der Waals surface area contributed by atoms with Crippen LogP contribution in [0.4, 0.5) is 13.2 Å².